The number of nitrogens with zero attached hydrogens (tertiary/aromatic N) is 4. The summed E-state index contributed by atoms with van der Waals surface area (Å²) in [5.74, 6) is 0.788. The van der Waals surface area contributed by atoms with E-state index in [1.165, 1.54) is 11.3 Å². The standard InChI is InChI=1S/C17H19N5/c1-13-4-2-3-5-15(13)17-19-16-12-14(6-9-22(16)20-17)21-10-7-18-8-11-21/h2-6,9,12,18H,7-8,10-11H2,1H3. The molecule has 0 saturated carbocycles. The van der Waals surface area contributed by atoms with Gasteiger partial charge in [-0.3, -0.25) is 0 Å². The van der Waals surface area contributed by atoms with Gasteiger partial charge in [0.2, 0.25) is 0 Å². The summed E-state index contributed by atoms with van der Waals surface area (Å²) in [5.41, 5.74) is 4.41. The fourth-order valence-electron chi connectivity index (χ4n) is 2.93. The SMILES string of the molecule is Cc1ccccc1-c1nc2cc(N3CCNCC3)ccn2n1. The van der Waals surface area contributed by atoms with Crippen LogP contribution in [0, 0.1) is 6.92 Å². The van der Waals surface area contributed by atoms with Gasteiger partial charge < -0.3 is 10.2 Å². The van der Waals surface area contributed by atoms with Crippen molar-refractivity contribution in [3.63, 3.8) is 0 Å². The summed E-state index contributed by atoms with van der Waals surface area (Å²) in [7, 11) is 0. The molecule has 1 aromatic carbocycles. The van der Waals surface area contributed by atoms with Crippen LogP contribution in [0.3, 0.4) is 0 Å². The number of hydrogen-bond acceptors (Lipinski definition) is 4. The minimum absolute atomic E-state index is 0.788. The van der Waals surface area contributed by atoms with Crippen LogP contribution in [0.5, 0.6) is 0 Å². The van der Waals surface area contributed by atoms with Crippen molar-refractivity contribution in [1.82, 2.24) is 19.9 Å². The molecule has 0 spiro atoms. The molecule has 1 aliphatic heterocycles. The largest absolute Gasteiger partial charge is 0.369 e. The van der Waals surface area contributed by atoms with Gasteiger partial charge >= 0.3 is 0 Å². The third-order valence-corrected chi connectivity index (χ3v) is 4.19. The third-order valence-electron chi connectivity index (χ3n) is 4.19. The van der Waals surface area contributed by atoms with Crippen LogP contribution in [0.15, 0.2) is 42.6 Å². The lowest BCUT2D eigenvalue weighted by Crippen LogP contribution is -2.43. The van der Waals surface area contributed by atoms with Crippen molar-refractivity contribution < 1.29 is 0 Å². The van der Waals surface area contributed by atoms with E-state index in [-0.39, 0.29) is 0 Å². The van der Waals surface area contributed by atoms with E-state index >= 15 is 0 Å². The van der Waals surface area contributed by atoms with Gasteiger partial charge in [0, 0.05) is 49.7 Å². The van der Waals surface area contributed by atoms with E-state index in [1.54, 1.807) is 0 Å². The zero-order chi connectivity index (χ0) is 14.9. The van der Waals surface area contributed by atoms with Gasteiger partial charge in [-0.15, -0.1) is 5.10 Å². The number of pyridine rings is 1. The van der Waals surface area contributed by atoms with E-state index in [0.29, 0.717) is 0 Å². The van der Waals surface area contributed by atoms with Gasteiger partial charge in [0.15, 0.2) is 11.5 Å². The number of anilines is 1. The van der Waals surface area contributed by atoms with Gasteiger partial charge in [0.25, 0.3) is 0 Å². The minimum atomic E-state index is 0.788. The molecule has 0 radical (unpaired) electrons. The molecule has 112 valence electrons. The maximum Gasteiger partial charge on any atom is 0.182 e. The van der Waals surface area contributed by atoms with Crippen molar-refractivity contribution in [3.8, 4) is 11.4 Å². The number of nitrogens with one attached hydrogen (secondary N) is 1. The smallest absolute Gasteiger partial charge is 0.182 e. The van der Waals surface area contributed by atoms with Gasteiger partial charge in [0.05, 0.1) is 0 Å². The van der Waals surface area contributed by atoms with E-state index in [9.17, 15) is 0 Å². The Morgan fingerprint density at radius 1 is 1.09 bits per heavy atom. The molecule has 0 unspecified atom stereocenters. The number of aryl methyl sites for hydroxylation is 1. The molecule has 22 heavy (non-hydrogen) atoms. The second-order valence-electron chi connectivity index (χ2n) is 5.68. The molecule has 1 N–H and O–H groups in total. The lowest BCUT2D eigenvalue weighted by atomic mass is 10.1. The van der Waals surface area contributed by atoms with Crippen molar-refractivity contribution in [2.24, 2.45) is 0 Å². The van der Waals surface area contributed by atoms with Crippen molar-refractivity contribution in [3.05, 3.63) is 48.2 Å². The van der Waals surface area contributed by atoms with Crippen LogP contribution in [-0.2, 0) is 0 Å². The molecule has 0 atom stereocenters. The van der Waals surface area contributed by atoms with Crippen molar-refractivity contribution in [2.75, 3.05) is 31.1 Å². The van der Waals surface area contributed by atoms with Gasteiger partial charge in [0.1, 0.15) is 0 Å². The molecule has 3 aromatic rings. The summed E-state index contributed by atoms with van der Waals surface area (Å²) >= 11 is 0. The first-order valence-electron chi connectivity index (χ1n) is 7.69. The average Bonchev–Trinajstić information content (AvgIpc) is 2.99. The Morgan fingerprint density at radius 2 is 1.91 bits per heavy atom. The van der Waals surface area contributed by atoms with E-state index in [0.717, 1.165) is 43.2 Å². The predicted molar refractivity (Wildman–Crippen MR) is 88.2 cm³/mol. The van der Waals surface area contributed by atoms with Crippen LogP contribution in [0.1, 0.15) is 5.56 Å². The Bertz CT molecular complexity index is 802. The molecule has 4 rings (SSSR count). The first-order chi connectivity index (χ1) is 10.8. The normalized spacial score (nSPS) is 15.4. The van der Waals surface area contributed by atoms with E-state index < -0.39 is 0 Å². The lowest BCUT2D eigenvalue weighted by molar-refractivity contribution is 0.589. The molecule has 5 heteroatoms. The molecule has 1 aliphatic rings. The van der Waals surface area contributed by atoms with Crippen molar-refractivity contribution in [2.45, 2.75) is 6.92 Å². The minimum Gasteiger partial charge on any atom is -0.369 e. The van der Waals surface area contributed by atoms with Gasteiger partial charge in [-0.25, -0.2) is 9.50 Å². The third kappa shape index (κ3) is 2.33. The predicted octanol–water partition coefficient (Wildman–Crippen LogP) is 2.11. The topological polar surface area (TPSA) is 45.5 Å². The van der Waals surface area contributed by atoms with Crippen molar-refractivity contribution in [1.29, 1.82) is 0 Å². The number of hydrogen-bond donors (Lipinski definition) is 1. The maximum absolute atomic E-state index is 4.71. The second kappa shape index (κ2) is 5.42. The van der Waals surface area contributed by atoms with Crippen LogP contribution in [0.2, 0.25) is 0 Å². The second-order valence-corrected chi connectivity index (χ2v) is 5.68. The number of piperazine rings is 1. The molecule has 3 heterocycles. The molecule has 5 nitrogen and oxygen atoms in total. The molecule has 0 amide bonds. The Balaban J connectivity index is 1.73. The summed E-state index contributed by atoms with van der Waals surface area (Å²) in [6.07, 6.45) is 2.00. The van der Waals surface area contributed by atoms with E-state index in [2.05, 4.69) is 46.5 Å². The molecule has 1 fully saturated rings. The average molecular weight is 293 g/mol. The summed E-state index contributed by atoms with van der Waals surface area (Å²) in [5, 5.41) is 7.98. The summed E-state index contributed by atoms with van der Waals surface area (Å²) in [6.45, 7) is 6.23. The highest BCUT2D eigenvalue weighted by Gasteiger charge is 2.13. The summed E-state index contributed by atoms with van der Waals surface area (Å²) in [6, 6.07) is 12.5. The molecule has 0 aliphatic carbocycles. The van der Waals surface area contributed by atoms with Crippen LogP contribution in [0.4, 0.5) is 5.69 Å². The van der Waals surface area contributed by atoms with E-state index in [1.807, 2.05) is 22.8 Å². The first kappa shape index (κ1) is 13.3. The molecular weight excluding hydrogens is 274 g/mol. The van der Waals surface area contributed by atoms with Crippen LogP contribution < -0.4 is 10.2 Å². The highest BCUT2D eigenvalue weighted by molar-refractivity contribution is 5.64. The maximum atomic E-state index is 4.71. The van der Waals surface area contributed by atoms with Crippen molar-refractivity contribution >= 4 is 11.3 Å². The highest BCUT2D eigenvalue weighted by Crippen LogP contribution is 2.22. The Kier molecular flexibility index (Phi) is 3.27. The highest BCUT2D eigenvalue weighted by atomic mass is 15.3. The number of fused-ring (bicyclic) bond motifs is 1. The molecule has 1 saturated heterocycles. The van der Waals surface area contributed by atoms with Gasteiger partial charge in [-0.05, 0) is 18.6 Å². The van der Waals surface area contributed by atoms with Crippen LogP contribution in [-0.4, -0.2) is 40.8 Å². The molecule has 2 aromatic heterocycles. The zero-order valence-corrected chi connectivity index (χ0v) is 12.7. The zero-order valence-electron chi connectivity index (χ0n) is 12.7. The number of benzene rings is 1. The van der Waals surface area contributed by atoms with Crippen LogP contribution in [0.25, 0.3) is 17.0 Å². The number of aromatic nitrogens is 3. The van der Waals surface area contributed by atoms with Gasteiger partial charge in [-0.2, -0.15) is 0 Å². The first-order valence-corrected chi connectivity index (χ1v) is 7.69. The fourth-order valence-corrected chi connectivity index (χ4v) is 2.93. The van der Waals surface area contributed by atoms with Crippen LogP contribution >= 0.6 is 0 Å². The monoisotopic (exact) mass is 293 g/mol. The summed E-state index contributed by atoms with van der Waals surface area (Å²) in [4.78, 5) is 7.10. The quantitative estimate of drug-likeness (QED) is 0.786. The number of rotatable bonds is 2. The summed E-state index contributed by atoms with van der Waals surface area (Å²) < 4.78 is 1.85. The fraction of sp³-hybridized carbons (Fsp3) is 0.294. The Morgan fingerprint density at radius 3 is 2.73 bits per heavy atom. The van der Waals surface area contributed by atoms with Gasteiger partial charge in [-0.1, -0.05) is 24.3 Å². The Hall–Kier alpha value is -2.40. The molecule has 0 bridgehead atoms. The van der Waals surface area contributed by atoms with E-state index in [4.69, 9.17) is 4.98 Å². The Labute approximate surface area is 129 Å². The lowest BCUT2D eigenvalue weighted by Gasteiger charge is -2.29. The molecular formula is C17H19N5.